The third-order valence-corrected chi connectivity index (χ3v) is 4.90. The Morgan fingerprint density at radius 1 is 1.63 bits per heavy atom. The molecule has 1 saturated carbocycles. The fourth-order valence-corrected chi connectivity index (χ4v) is 3.11. The van der Waals surface area contributed by atoms with Crippen LogP contribution in [-0.4, -0.2) is 35.0 Å². The molecule has 1 aromatic rings. The molecule has 1 aliphatic carbocycles. The molecule has 2 heterocycles. The molecule has 1 amide bonds. The van der Waals surface area contributed by atoms with Gasteiger partial charge >= 0.3 is 0 Å². The third-order valence-electron chi connectivity index (χ3n) is 4.08. The summed E-state index contributed by atoms with van der Waals surface area (Å²) < 4.78 is 5.87. The summed E-state index contributed by atoms with van der Waals surface area (Å²) in [5.74, 6) is 0.322. The molecule has 0 radical (unpaired) electrons. The van der Waals surface area contributed by atoms with E-state index >= 15 is 0 Å². The van der Waals surface area contributed by atoms with Crippen LogP contribution in [0.25, 0.3) is 0 Å². The number of amides is 1. The number of hydrogen-bond donors (Lipinski definition) is 0. The van der Waals surface area contributed by atoms with E-state index in [0.717, 1.165) is 43.1 Å². The minimum atomic E-state index is -0.0546. The topological polar surface area (TPSA) is 42.4 Å². The van der Waals surface area contributed by atoms with Crippen molar-refractivity contribution >= 4 is 17.2 Å². The normalized spacial score (nSPS) is 24.7. The van der Waals surface area contributed by atoms with Crippen molar-refractivity contribution in [2.45, 2.75) is 45.8 Å². The quantitative estimate of drug-likeness (QED) is 0.850. The van der Waals surface area contributed by atoms with Crippen molar-refractivity contribution in [3.63, 3.8) is 0 Å². The van der Waals surface area contributed by atoms with Gasteiger partial charge in [-0.25, -0.2) is 4.98 Å². The molecule has 104 valence electrons. The van der Waals surface area contributed by atoms with Crippen LogP contribution in [0.1, 0.15) is 36.9 Å². The second kappa shape index (κ2) is 4.87. The largest absolute Gasteiger partial charge is 0.370 e. The highest BCUT2D eigenvalue weighted by molar-refractivity contribution is 7.09. The van der Waals surface area contributed by atoms with Gasteiger partial charge in [0, 0.05) is 23.9 Å². The molecule has 0 N–H and O–H groups in total. The zero-order valence-corrected chi connectivity index (χ0v) is 12.3. The Bertz CT molecular complexity index is 482. The van der Waals surface area contributed by atoms with Gasteiger partial charge in [0.15, 0.2) is 0 Å². The molecule has 0 spiro atoms. The van der Waals surface area contributed by atoms with Crippen LogP contribution in [0.15, 0.2) is 5.38 Å². The molecule has 2 aliphatic rings. The average Bonchev–Trinajstić information content (AvgIpc) is 2.81. The first-order chi connectivity index (χ1) is 9.07. The van der Waals surface area contributed by atoms with Crippen LogP contribution in [0.4, 0.5) is 0 Å². The predicted molar refractivity (Wildman–Crippen MR) is 74.0 cm³/mol. The van der Waals surface area contributed by atoms with Gasteiger partial charge in [0.1, 0.15) is 0 Å². The molecule has 0 aromatic carbocycles. The lowest BCUT2D eigenvalue weighted by molar-refractivity contribution is -0.135. The number of thiazole rings is 1. The zero-order chi connectivity index (χ0) is 13.5. The number of carbonyl (C=O) groups is 1. The van der Waals surface area contributed by atoms with E-state index in [9.17, 15) is 4.79 Å². The molecular weight excluding hydrogens is 260 g/mol. The first kappa shape index (κ1) is 13.1. The van der Waals surface area contributed by atoms with E-state index in [4.69, 9.17) is 4.74 Å². The maximum atomic E-state index is 12.2. The number of hydrogen-bond acceptors (Lipinski definition) is 4. The van der Waals surface area contributed by atoms with Crippen molar-refractivity contribution in [3.05, 3.63) is 16.1 Å². The molecule has 19 heavy (non-hydrogen) atoms. The van der Waals surface area contributed by atoms with Crippen LogP contribution in [0.3, 0.4) is 0 Å². The van der Waals surface area contributed by atoms with E-state index in [1.807, 2.05) is 17.2 Å². The van der Waals surface area contributed by atoms with Crippen LogP contribution in [0.2, 0.25) is 0 Å². The number of likely N-dealkylation sites (tertiary alicyclic amines) is 1. The summed E-state index contributed by atoms with van der Waals surface area (Å²) in [4.78, 5) is 18.6. The van der Waals surface area contributed by atoms with Crippen molar-refractivity contribution in [1.29, 1.82) is 0 Å². The summed E-state index contributed by atoms with van der Waals surface area (Å²) in [7, 11) is 0. The molecule has 5 heteroatoms. The summed E-state index contributed by atoms with van der Waals surface area (Å²) in [5, 5.41) is 3.11. The number of nitrogens with zero attached hydrogens (tertiary/aromatic N) is 2. The molecule has 1 unspecified atom stereocenters. The smallest absolute Gasteiger partial charge is 0.228 e. The second-order valence-electron chi connectivity index (χ2n) is 5.89. The van der Waals surface area contributed by atoms with Gasteiger partial charge in [-0.15, -0.1) is 11.3 Å². The van der Waals surface area contributed by atoms with Crippen molar-refractivity contribution in [2.75, 3.05) is 13.1 Å². The Kier molecular flexibility index (Phi) is 3.35. The van der Waals surface area contributed by atoms with E-state index in [1.165, 1.54) is 0 Å². The van der Waals surface area contributed by atoms with Gasteiger partial charge in [0.05, 0.1) is 23.4 Å². The fourth-order valence-electron chi connectivity index (χ4n) is 2.51. The lowest BCUT2D eigenvalue weighted by Gasteiger charge is -2.20. The van der Waals surface area contributed by atoms with Crippen molar-refractivity contribution in [2.24, 2.45) is 5.41 Å². The average molecular weight is 280 g/mol. The maximum Gasteiger partial charge on any atom is 0.228 e. The molecule has 1 saturated heterocycles. The molecular formula is C14H20N2O2S. The highest BCUT2D eigenvalue weighted by Crippen LogP contribution is 2.47. The van der Waals surface area contributed by atoms with E-state index in [2.05, 4.69) is 11.9 Å². The first-order valence-corrected chi connectivity index (χ1v) is 7.77. The molecule has 2 fully saturated rings. The van der Waals surface area contributed by atoms with Crippen LogP contribution >= 0.6 is 11.3 Å². The Hall–Kier alpha value is -0.940. The summed E-state index contributed by atoms with van der Waals surface area (Å²) in [6, 6.07) is 0. The predicted octanol–water partition coefficient (Wildman–Crippen LogP) is 2.37. The number of rotatable bonds is 4. The Labute approximate surface area is 117 Å². The molecule has 1 atom stereocenters. The summed E-state index contributed by atoms with van der Waals surface area (Å²) in [6.45, 7) is 6.23. The second-order valence-corrected chi connectivity index (χ2v) is 6.95. The Balaban J connectivity index is 1.48. The molecule has 0 bridgehead atoms. The van der Waals surface area contributed by atoms with Crippen molar-refractivity contribution < 1.29 is 9.53 Å². The van der Waals surface area contributed by atoms with E-state index in [-0.39, 0.29) is 11.5 Å². The molecule has 3 rings (SSSR count). The van der Waals surface area contributed by atoms with Crippen molar-refractivity contribution in [3.8, 4) is 0 Å². The third kappa shape index (κ3) is 2.82. The van der Waals surface area contributed by atoms with E-state index in [0.29, 0.717) is 12.5 Å². The van der Waals surface area contributed by atoms with E-state index in [1.54, 1.807) is 11.3 Å². The van der Waals surface area contributed by atoms with Gasteiger partial charge in [-0.3, -0.25) is 4.79 Å². The highest BCUT2D eigenvalue weighted by Gasteiger charge is 2.48. The van der Waals surface area contributed by atoms with Crippen LogP contribution in [-0.2, 0) is 16.1 Å². The standard InChI is InChI=1S/C14H20N2O2S/c1-10-15-11(9-19-10)8-18-12-3-6-16(7-12)13(17)14(2)4-5-14/h9,12H,3-8H2,1-2H3. The highest BCUT2D eigenvalue weighted by atomic mass is 32.1. The summed E-state index contributed by atoms with van der Waals surface area (Å²) >= 11 is 1.65. The van der Waals surface area contributed by atoms with Crippen LogP contribution in [0, 0.1) is 12.3 Å². The minimum absolute atomic E-state index is 0.0546. The maximum absolute atomic E-state index is 12.2. The minimum Gasteiger partial charge on any atom is -0.370 e. The van der Waals surface area contributed by atoms with Gasteiger partial charge in [0.25, 0.3) is 0 Å². The summed E-state index contributed by atoms with van der Waals surface area (Å²) in [6.07, 6.45) is 3.22. The van der Waals surface area contributed by atoms with Crippen LogP contribution < -0.4 is 0 Å². The molecule has 1 aromatic heterocycles. The monoisotopic (exact) mass is 280 g/mol. The molecule has 4 nitrogen and oxygen atoms in total. The Morgan fingerprint density at radius 2 is 2.42 bits per heavy atom. The lowest BCUT2D eigenvalue weighted by atomic mass is 10.1. The number of aryl methyl sites for hydroxylation is 1. The van der Waals surface area contributed by atoms with Gasteiger partial charge in [-0.2, -0.15) is 0 Å². The van der Waals surface area contributed by atoms with Gasteiger partial charge in [0.2, 0.25) is 5.91 Å². The zero-order valence-electron chi connectivity index (χ0n) is 11.5. The summed E-state index contributed by atoms with van der Waals surface area (Å²) in [5.41, 5.74) is 0.947. The number of ether oxygens (including phenoxy) is 1. The molecule has 1 aliphatic heterocycles. The van der Waals surface area contributed by atoms with Gasteiger partial charge in [-0.1, -0.05) is 6.92 Å². The lowest BCUT2D eigenvalue weighted by Crippen LogP contribution is -2.35. The van der Waals surface area contributed by atoms with E-state index < -0.39 is 0 Å². The van der Waals surface area contributed by atoms with Crippen LogP contribution in [0.5, 0.6) is 0 Å². The Morgan fingerprint density at radius 3 is 3.05 bits per heavy atom. The van der Waals surface area contributed by atoms with Gasteiger partial charge < -0.3 is 9.64 Å². The number of aromatic nitrogens is 1. The van der Waals surface area contributed by atoms with Gasteiger partial charge in [-0.05, 0) is 26.2 Å². The van der Waals surface area contributed by atoms with Crippen molar-refractivity contribution in [1.82, 2.24) is 9.88 Å². The first-order valence-electron chi connectivity index (χ1n) is 6.89. The number of carbonyl (C=O) groups excluding carboxylic acids is 1. The fraction of sp³-hybridized carbons (Fsp3) is 0.714. The SMILES string of the molecule is Cc1nc(COC2CCN(C(=O)C3(C)CC3)C2)cs1.